The minimum atomic E-state index is -0.588. The van der Waals surface area contributed by atoms with Crippen molar-refractivity contribution in [2.45, 2.75) is 19.4 Å². The quantitative estimate of drug-likeness (QED) is 0.544. The predicted molar refractivity (Wildman–Crippen MR) is 95.1 cm³/mol. The first-order valence-corrected chi connectivity index (χ1v) is 8.40. The van der Waals surface area contributed by atoms with E-state index in [2.05, 4.69) is 15.4 Å². The third-order valence-corrected chi connectivity index (χ3v) is 3.97. The highest BCUT2D eigenvalue weighted by Gasteiger charge is 2.19. The molecule has 2 aromatic heterocycles. The number of hydrogen-bond acceptors (Lipinski definition) is 7. The van der Waals surface area contributed by atoms with Crippen LogP contribution in [-0.2, 0) is 4.74 Å². The molecule has 0 aliphatic carbocycles. The van der Waals surface area contributed by atoms with Crippen molar-refractivity contribution in [1.82, 2.24) is 14.6 Å². The van der Waals surface area contributed by atoms with Crippen molar-refractivity contribution >= 4 is 17.4 Å². The van der Waals surface area contributed by atoms with Crippen LogP contribution in [0, 0.1) is 5.82 Å². The number of aliphatic hydroxyl groups is 1. The molecule has 3 rings (SSSR count). The van der Waals surface area contributed by atoms with E-state index in [0.717, 1.165) is 6.07 Å². The van der Waals surface area contributed by atoms with Gasteiger partial charge in [-0.25, -0.2) is 18.7 Å². The van der Waals surface area contributed by atoms with Crippen LogP contribution < -0.4 is 5.32 Å². The fourth-order valence-electron chi connectivity index (χ4n) is 2.72. The first-order chi connectivity index (χ1) is 13.0. The lowest BCUT2D eigenvalue weighted by Crippen LogP contribution is -2.14. The summed E-state index contributed by atoms with van der Waals surface area (Å²) in [5.41, 5.74) is 0.808. The van der Waals surface area contributed by atoms with Crippen LogP contribution in [0.15, 0.2) is 36.7 Å². The van der Waals surface area contributed by atoms with Crippen molar-refractivity contribution in [3.63, 3.8) is 0 Å². The number of aromatic hydroxyl groups is 1. The number of carbonyl (C=O) groups is 1. The molecule has 0 amide bonds. The highest BCUT2D eigenvalue weighted by atomic mass is 19.1. The van der Waals surface area contributed by atoms with Crippen LogP contribution in [0.5, 0.6) is 5.75 Å². The van der Waals surface area contributed by atoms with Crippen molar-refractivity contribution in [1.29, 1.82) is 0 Å². The maximum absolute atomic E-state index is 13.6. The van der Waals surface area contributed by atoms with Crippen molar-refractivity contribution in [3.8, 4) is 5.75 Å². The van der Waals surface area contributed by atoms with E-state index >= 15 is 0 Å². The van der Waals surface area contributed by atoms with E-state index in [1.807, 2.05) is 0 Å². The molecule has 3 N–H and O–H groups in total. The Hall–Kier alpha value is -3.20. The van der Waals surface area contributed by atoms with Gasteiger partial charge in [0.05, 0.1) is 18.8 Å². The Balaban J connectivity index is 1.94. The molecule has 3 aromatic rings. The Bertz CT molecular complexity index is 960. The Kier molecular flexibility index (Phi) is 5.51. The molecule has 1 atom stereocenters. The van der Waals surface area contributed by atoms with E-state index in [9.17, 15) is 19.4 Å². The highest BCUT2D eigenvalue weighted by Crippen LogP contribution is 2.30. The second-order valence-electron chi connectivity index (χ2n) is 5.77. The number of phenolic OH excluding ortho intramolecular Hbond substituents is 1. The molecule has 27 heavy (non-hydrogen) atoms. The van der Waals surface area contributed by atoms with Gasteiger partial charge in [0.1, 0.15) is 22.9 Å². The molecule has 0 radical (unpaired) electrons. The van der Waals surface area contributed by atoms with Crippen LogP contribution in [0.2, 0.25) is 0 Å². The van der Waals surface area contributed by atoms with Gasteiger partial charge >= 0.3 is 5.97 Å². The number of esters is 1. The summed E-state index contributed by atoms with van der Waals surface area (Å²) in [5.74, 6) is -0.765. The Labute approximate surface area is 154 Å². The third kappa shape index (κ3) is 3.98. The lowest BCUT2D eigenvalue weighted by atomic mass is 10.0. The van der Waals surface area contributed by atoms with E-state index in [0.29, 0.717) is 17.0 Å². The third-order valence-electron chi connectivity index (χ3n) is 3.97. The van der Waals surface area contributed by atoms with Crippen LogP contribution in [0.4, 0.5) is 10.2 Å². The lowest BCUT2D eigenvalue weighted by molar-refractivity contribution is 0.0528. The number of hydrogen-bond donors (Lipinski definition) is 3. The Morgan fingerprint density at radius 3 is 2.96 bits per heavy atom. The zero-order valence-electron chi connectivity index (χ0n) is 14.6. The van der Waals surface area contributed by atoms with Gasteiger partial charge in [0.25, 0.3) is 0 Å². The van der Waals surface area contributed by atoms with Crippen LogP contribution in [-0.4, -0.2) is 44.0 Å². The molecule has 0 fully saturated rings. The van der Waals surface area contributed by atoms with Gasteiger partial charge in [-0.05, 0) is 37.6 Å². The highest BCUT2D eigenvalue weighted by molar-refractivity contribution is 5.95. The summed E-state index contributed by atoms with van der Waals surface area (Å²) in [7, 11) is 0. The number of aromatic nitrogens is 3. The lowest BCUT2D eigenvalue weighted by Gasteiger charge is -2.20. The smallest absolute Gasteiger partial charge is 0.343 e. The zero-order chi connectivity index (χ0) is 19.4. The molecule has 2 heterocycles. The van der Waals surface area contributed by atoms with E-state index in [1.165, 1.54) is 22.8 Å². The molecule has 0 bridgehead atoms. The topological polar surface area (TPSA) is 109 Å². The predicted octanol–water partition coefficient (Wildman–Crippen LogP) is 2.29. The molecule has 0 spiro atoms. The molecule has 0 aliphatic rings. The number of benzene rings is 1. The largest absolute Gasteiger partial charge is 0.508 e. The normalized spacial score (nSPS) is 12.1. The van der Waals surface area contributed by atoms with Gasteiger partial charge in [-0.1, -0.05) is 0 Å². The van der Waals surface area contributed by atoms with E-state index in [-0.39, 0.29) is 30.9 Å². The molecule has 1 aromatic carbocycles. The number of rotatable bonds is 7. The van der Waals surface area contributed by atoms with Gasteiger partial charge in [0.2, 0.25) is 0 Å². The number of phenols is 1. The summed E-state index contributed by atoms with van der Waals surface area (Å²) >= 11 is 0. The molecule has 0 saturated carbocycles. The number of halogens is 1. The standard InChI is InChI=1S/C18H19FN4O4/c1-2-27-18(26)13-10-20-23-7-5-16(22-17(13)23)21-14(6-8-24)12-9-11(19)3-4-15(12)25/h3-5,7,9-10,14,24-25H,2,6,8H2,1H3,(H,21,22). The Morgan fingerprint density at radius 1 is 1.41 bits per heavy atom. The number of aliphatic hydroxyl groups excluding tert-OH is 1. The zero-order valence-corrected chi connectivity index (χ0v) is 14.6. The minimum Gasteiger partial charge on any atom is -0.508 e. The van der Waals surface area contributed by atoms with Gasteiger partial charge in [-0.3, -0.25) is 0 Å². The van der Waals surface area contributed by atoms with E-state index in [4.69, 9.17) is 4.74 Å². The fourth-order valence-corrected chi connectivity index (χ4v) is 2.72. The van der Waals surface area contributed by atoms with Crippen LogP contribution in [0.25, 0.3) is 5.65 Å². The first-order valence-electron chi connectivity index (χ1n) is 8.40. The second kappa shape index (κ2) is 8.00. The number of nitrogens with one attached hydrogen (secondary N) is 1. The summed E-state index contributed by atoms with van der Waals surface area (Å²) in [6, 6.07) is 4.63. The molecule has 0 aliphatic heterocycles. The SMILES string of the molecule is CCOC(=O)c1cnn2ccc(NC(CCO)c3cc(F)ccc3O)nc12. The van der Waals surface area contributed by atoms with Crippen molar-refractivity contribution < 1.29 is 24.1 Å². The van der Waals surface area contributed by atoms with E-state index in [1.54, 1.807) is 19.2 Å². The molecule has 0 saturated heterocycles. The average Bonchev–Trinajstić information content (AvgIpc) is 3.07. The molecule has 1 unspecified atom stereocenters. The number of carbonyl (C=O) groups excluding carboxylic acids is 1. The molecule has 9 heteroatoms. The number of nitrogens with zero attached hydrogens (tertiary/aromatic N) is 3. The second-order valence-corrected chi connectivity index (χ2v) is 5.77. The van der Waals surface area contributed by atoms with Crippen LogP contribution in [0.1, 0.15) is 35.3 Å². The van der Waals surface area contributed by atoms with Crippen LogP contribution >= 0.6 is 0 Å². The summed E-state index contributed by atoms with van der Waals surface area (Å²) in [6.07, 6.45) is 3.19. The number of fused-ring (bicyclic) bond motifs is 1. The molecular formula is C18H19FN4O4. The molecule has 142 valence electrons. The molecular weight excluding hydrogens is 355 g/mol. The summed E-state index contributed by atoms with van der Waals surface area (Å²) < 4.78 is 20.0. The monoisotopic (exact) mass is 374 g/mol. The summed E-state index contributed by atoms with van der Waals surface area (Å²) in [4.78, 5) is 16.4. The summed E-state index contributed by atoms with van der Waals surface area (Å²) in [5, 5.41) is 26.5. The summed E-state index contributed by atoms with van der Waals surface area (Å²) in [6.45, 7) is 1.75. The van der Waals surface area contributed by atoms with Crippen molar-refractivity contribution in [3.05, 3.63) is 53.6 Å². The van der Waals surface area contributed by atoms with Gasteiger partial charge in [-0.2, -0.15) is 5.10 Å². The first kappa shape index (κ1) is 18.6. The van der Waals surface area contributed by atoms with Crippen molar-refractivity contribution in [2.75, 3.05) is 18.5 Å². The fraction of sp³-hybridized carbons (Fsp3) is 0.278. The molecule has 8 nitrogen and oxygen atoms in total. The van der Waals surface area contributed by atoms with Crippen molar-refractivity contribution in [2.24, 2.45) is 0 Å². The minimum absolute atomic E-state index is 0.0972. The van der Waals surface area contributed by atoms with E-state index < -0.39 is 17.8 Å². The van der Waals surface area contributed by atoms with Crippen LogP contribution in [0.3, 0.4) is 0 Å². The van der Waals surface area contributed by atoms with Gasteiger partial charge < -0.3 is 20.3 Å². The van der Waals surface area contributed by atoms with Gasteiger partial charge in [-0.15, -0.1) is 0 Å². The van der Waals surface area contributed by atoms with Gasteiger partial charge in [0, 0.05) is 18.4 Å². The van der Waals surface area contributed by atoms with Gasteiger partial charge in [0.15, 0.2) is 5.65 Å². The number of anilines is 1. The Morgan fingerprint density at radius 2 is 2.22 bits per heavy atom. The maximum Gasteiger partial charge on any atom is 0.343 e. The number of ether oxygens (including phenoxy) is 1. The maximum atomic E-state index is 13.6. The average molecular weight is 374 g/mol.